The fourth-order valence-corrected chi connectivity index (χ4v) is 4.08. The van der Waals surface area contributed by atoms with E-state index in [-0.39, 0.29) is 11.4 Å². The van der Waals surface area contributed by atoms with Crippen LogP contribution in [0, 0.1) is 0 Å². The van der Waals surface area contributed by atoms with Crippen molar-refractivity contribution in [1.29, 1.82) is 0 Å². The van der Waals surface area contributed by atoms with E-state index in [1.54, 1.807) is 0 Å². The Bertz CT molecular complexity index is 845. The maximum Gasteiger partial charge on any atom is 0.263 e. The minimum atomic E-state index is -0.368. The molecule has 3 nitrogen and oxygen atoms in total. The number of carbonyl (C=O) groups is 1. The van der Waals surface area contributed by atoms with Crippen LogP contribution >= 0.6 is 0 Å². The van der Waals surface area contributed by atoms with Gasteiger partial charge in [-0.2, -0.15) is 0 Å². The molecule has 1 saturated heterocycles. The highest BCUT2D eigenvalue weighted by Gasteiger charge is 2.35. The number of nitrogens with one attached hydrogen (secondary N) is 2. The molecule has 0 radical (unpaired) electrons. The highest BCUT2D eigenvalue weighted by atomic mass is 16.2. The predicted molar refractivity (Wildman–Crippen MR) is 119 cm³/mol. The monoisotopic (exact) mass is 378 g/mol. The molecule has 1 fully saturated rings. The minimum absolute atomic E-state index is 0.0356. The van der Waals surface area contributed by atoms with E-state index in [4.69, 9.17) is 0 Å². The van der Waals surface area contributed by atoms with Gasteiger partial charge >= 0.3 is 0 Å². The Kier molecular flexibility index (Phi) is 6.90. The van der Waals surface area contributed by atoms with Gasteiger partial charge in [0.15, 0.2) is 0 Å². The van der Waals surface area contributed by atoms with Crippen LogP contribution in [0.4, 0.5) is 0 Å². The van der Waals surface area contributed by atoms with E-state index in [2.05, 4.69) is 60.2 Å². The average molecular weight is 379 g/mol. The van der Waals surface area contributed by atoms with Gasteiger partial charge in [-0.15, -0.1) is 0 Å². The van der Waals surface area contributed by atoms with Crippen molar-refractivity contribution in [2.24, 2.45) is 0 Å². The molecule has 2 N–H and O–H groups in total. The van der Waals surface area contributed by atoms with Gasteiger partial charge in [0, 0.05) is 5.57 Å². The molecule has 2 aromatic carbocycles. The zero-order valence-electron chi connectivity index (χ0n) is 17.6. The van der Waals surface area contributed by atoms with Crippen LogP contribution in [0.2, 0.25) is 0 Å². The standard InChI is InChI=1S/C25H34N2O/c1-4-5-6-7-8-9-10-13-19-14-11-15-20-16-12-17-21(23(19)20)18-22-24(28)26-27-25(22,2)3/h11-12,14-18,27H,4-10,13H2,1-3H3,(H,26,28)/b22-18+. The number of aryl methyl sites for hydroxylation is 1. The Hall–Kier alpha value is -2.13. The number of fused-ring (bicyclic) bond motifs is 1. The lowest BCUT2D eigenvalue weighted by Gasteiger charge is -2.17. The first-order chi connectivity index (χ1) is 13.5. The number of hydrazine groups is 1. The highest BCUT2D eigenvalue weighted by molar-refractivity contribution is 6.04. The number of amides is 1. The summed E-state index contributed by atoms with van der Waals surface area (Å²) in [5, 5.41) is 2.54. The van der Waals surface area contributed by atoms with Crippen molar-refractivity contribution in [3.8, 4) is 0 Å². The average Bonchev–Trinajstić information content (AvgIpc) is 2.94. The van der Waals surface area contributed by atoms with Crippen molar-refractivity contribution in [3.05, 3.63) is 53.1 Å². The number of unbranched alkanes of at least 4 members (excludes halogenated alkanes) is 6. The molecule has 3 heteroatoms. The van der Waals surface area contributed by atoms with Gasteiger partial charge in [-0.25, -0.2) is 5.43 Å². The van der Waals surface area contributed by atoms with E-state index in [0.29, 0.717) is 0 Å². The lowest BCUT2D eigenvalue weighted by Crippen LogP contribution is -2.38. The third-order valence-electron chi connectivity index (χ3n) is 5.78. The van der Waals surface area contributed by atoms with Gasteiger partial charge in [0.25, 0.3) is 5.91 Å². The quantitative estimate of drug-likeness (QED) is 0.419. The molecule has 150 valence electrons. The van der Waals surface area contributed by atoms with E-state index in [0.717, 1.165) is 17.6 Å². The molecule has 1 aliphatic heterocycles. The van der Waals surface area contributed by atoms with Crippen LogP contribution in [-0.4, -0.2) is 11.4 Å². The maximum absolute atomic E-state index is 12.3. The summed E-state index contributed by atoms with van der Waals surface area (Å²) in [6.45, 7) is 6.32. The van der Waals surface area contributed by atoms with Crippen LogP contribution in [0.5, 0.6) is 0 Å². The van der Waals surface area contributed by atoms with Crippen molar-refractivity contribution >= 4 is 22.8 Å². The molecule has 0 atom stereocenters. The summed E-state index contributed by atoms with van der Waals surface area (Å²) in [4.78, 5) is 12.3. The molecule has 0 aromatic heterocycles. The lowest BCUT2D eigenvalue weighted by molar-refractivity contribution is -0.116. The molecular formula is C25H34N2O. The molecule has 0 unspecified atom stereocenters. The fraction of sp³-hybridized carbons (Fsp3) is 0.480. The summed E-state index contributed by atoms with van der Waals surface area (Å²) in [5.74, 6) is -0.0356. The Morgan fingerprint density at radius 1 is 0.929 bits per heavy atom. The molecule has 1 amide bonds. The Balaban J connectivity index is 1.80. The van der Waals surface area contributed by atoms with Crippen molar-refractivity contribution in [2.75, 3.05) is 0 Å². The highest BCUT2D eigenvalue weighted by Crippen LogP contribution is 2.29. The van der Waals surface area contributed by atoms with Crippen LogP contribution in [0.1, 0.15) is 76.8 Å². The molecular weight excluding hydrogens is 344 g/mol. The number of carbonyl (C=O) groups excluding carboxylic acids is 1. The minimum Gasteiger partial charge on any atom is -0.287 e. The molecule has 0 spiro atoms. The van der Waals surface area contributed by atoms with Crippen molar-refractivity contribution < 1.29 is 4.79 Å². The molecule has 0 bridgehead atoms. The van der Waals surface area contributed by atoms with Crippen LogP contribution < -0.4 is 10.9 Å². The molecule has 0 aliphatic carbocycles. The van der Waals surface area contributed by atoms with Crippen LogP contribution in [0.15, 0.2) is 42.0 Å². The Labute approximate surface area is 169 Å². The van der Waals surface area contributed by atoms with E-state index < -0.39 is 0 Å². The normalized spacial score (nSPS) is 17.4. The topological polar surface area (TPSA) is 41.1 Å². The third-order valence-corrected chi connectivity index (χ3v) is 5.78. The number of hydrogen-bond acceptors (Lipinski definition) is 2. The van der Waals surface area contributed by atoms with Crippen molar-refractivity contribution in [1.82, 2.24) is 10.9 Å². The summed E-state index contributed by atoms with van der Waals surface area (Å²) < 4.78 is 0. The summed E-state index contributed by atoms with van der Waals surface area (Å²) >= 11 is 0. The fourth-order valence-electron chi connectivity index (χ4n) is 4.08. The second kappa shape index (κ2) is 9.38. The molecule has 3 rings (SSSR count). The number of hydrogen-bond donors (Lipinski definition) is 2. The predicted octanol–water partition coefficient (Wildman–Crippen LogP) is 5.93. The number of rotatable bonds is 9. The molecule has 28 heavy (non-hydrogen) atoms. The van der Waals surface area contributed by atoms with Gasteiger partial charge in [-0.05, 0) is 54.7 Å². The molecule has 0 saturated carbocycles. The van der Waals surface area contributed by atoms with Crippen LogP contribution in [0.3, 0.4) is 0 Å². The zero-order chi connectivity index (χ0) is 20.0. The maximum atomic E-state index is 12.3. The van der Waals surface area contributed by atoms with Crippen molar-refractivity contribution in [3.63, 3.8) is 0 Å². The van der Waals surface area contributed by atoms with Crippen LogP contribution in [-0.2, 0) is 11.2 Å². The van der Waals surface area contributed by atoms with Gasteiger partial charge in [-0.3, -0.25) is 10.2 Å². The molecule has 1 heterocycles. The van der Waals surface area contributed by atoms with E-state index in [1.807, 2.05) is 13.8 Å². The van der Waals surface area contributed by atoms with E-state index in [9.17, 15) is 4.79 Å². The van der Waals surface area contributed by atoms with Gasteiger partial charge in [0.1, 0.15) is 0 Å². The van der Waals surface area contributed by atoms with Gasteiger partial charge in [0.05, 0.1) is 5.54 Å². The van der Waals surface area contributed by atoms with Crippen molar-refractivity contribution in [2.45, 2.75) is 77.7 Å². The van der Waals surface area contributed by atoms with Gasteiger partial charge in [-0.1, -0.05) is 81.8 Å². The second-order valence-electron chi connectivity index (χ2n) is 8.50. The number of benzene rings is 2. The summed E-state index contributed by atoms with van der Waals surface area (Å²) in [6, 6.07) is 13.0. The summed E-state index contributed by atoms with van der Waals surface area (Å²) in [7, 11) is 0. The van der Waals surface area contributed by atoms with Crippen LogP contribution in [0.25, 0.3) is 16.8 Å². The second-order valence-corrected chi connectivity index (χ2v) is 8.50. The molecule has 1 aliphatic rings. The first kappa shape index (κ1) is 20.6. The smallest absolute Gasteiger partial charge is 0.263 e. The van der Waals surface area contributed by atoms with E-state index in [1.165, 1.54) is 61.3 Å². The van der Waals surface area contributed by atoms with E-state index >= 15 is 0 Å². The summed E-state index contributed by atoms with van der Waals surface area (Å²) in [6.07, 6.45) is 12.4. The first-order valence-corrected chi connectivity index (χ1v) is 10.8. The van der Waals surface area contributed by atoms with Gasteiger partial charge in [0.2, 0.25) is 0 Å². The Morgan fingerprint density at radius 2 is 1.61 bits per heavy atom. The lowest BCUT2D eigenvalue weighted by atomic mass is 9.90. The third kappa shape index (κ3) is 4.82. The zero-order valence-corrected chi connectivity index (χ0v) is 17.6. The molecule has 2 aromatic rings. The van der Waals surface area contributed by atoms with Gasteiger partial charge < -0.3 is 0 Å². The largest absolute Gasteiger partial charge is 0.287 e. The summed E-state index contributed by atoms with van der Waals surface area (Å²) in [5.41, 5.74) is 8.77. The SMILES string of the molecule is CCCCCCCCCc1cccc2cccc(/C=C3\C(=O)NNC3(C)C)c12. The first-order valence-electron chi connectivity index (χ1n) is 10.8. The Morgan fingerprint density at radius 3 is 2.29 bits per heavy atom.